The van der Waals surface area contributed by atoms with Crippen molar-refractivity contribution in [2.75, 3.05) is 13.1 Å². The molecule has 1 unspecified atom stereocenters. The Morgan fingerprint density at radius 3 is 2.48 bits per heavy atom. The Kier molecular flexibility index (Phi) is 6.22. The second kappa shape index (κ2) is 7.51. The molecule has 0 radical (unpaired) electrons. The first kappa shape index (κ1) is 19.0. The normalized spacial score (nSPS) is 12.9. The monoisotopic (exact) mass is 346 g/mol. The first-order valence-electron chi connectivity index (χ1n) is 6.82. The van der Waals surface area contributed by atoms with Gasteiger partial charge in [-0.3, -0.25) is 9.59 Å². The summed E-state index contributed by atoms with van der Waals surface area (Å²) in [6, 6.07) is 2.01. The number of carboxylic acids is 1. The maximum absolute atomic E-state index is 13.6. The molecule has 0 saturated carbocycles. The van der Waals surface area contributed by atoms with Gasteiger partial charge >= 0.3 is 5.97 Å². The minimum atomic E-state index is -4.22. The van der Waals surface area contributed by atoms with Gasteiger partial charge in [0.1, 0.15) is 11.9 Å². The Labute approximate surface area is 134 Å². The van der Waals surface area contributed by atoms with Crippen LogP contribution in [0.3, 0.4) is 0 Å². The Bertz CT molecular complexity index is 705. The van der Waals surface area contributed by atoms with Crippen LogP contribution in [0.2, 0.25) is 0 Å². The molecule has 0 spiro atoms. The van der Waals surface area contributed by atoms with E-state index in [1.54, 1.807) is 0 Å². The SMILES string of the molecule is CC(=O)NCCN(C(C)C(=O)O)S(=O)(=O)c1ccc(C)c(F)c1. The third-order valence-electron chi connectivity index (χ3n) is 3.25. The molecule has 7 nitrogen and oxygen atoms in total. The third-order valence-corrected chi connectivity index (χ3v) is 5.21. The van der Waals surface area contributed by atoms with Gasteiger partial charge in [-0.05, 0) is 31.5 Å². The van der Waals surface area contributed by atoms with E-state index in [4.69, 9.17) is 5.11 Å². The van der Waals surface area contributed by atoms with Crippen LogP contribution in [0.4, 0.5) is 4.39 Å². The van der Waals surface area contributed by atoms with Crippen LogP contribution in [0.15, 0.2) is 23.1 Å². The number of nitrogens with zero attached hydrogens (tertiary/aromatic N) is 1. The number of benzene rings is 1. The van der Waals surface area contributed by atoms with Crippen LogP contribution in [0, 0.1) is 12.7 Å². The summed E-state index contributed by atoms with van der Waals surface area (Å²) in [5, 5.41) is 11.5. The fraction of sp³-hybridized carbons (Fsp3) is 0.429. The van der Waals surface area contributed by atoms with Crippen molar-refractivity contribution in [3.05, 3.63) is 29.6 Å². The zero-order chi connectivity index (χ0) is 17.8. The van der Waals surface area contributed by atoms with Crippen LogP contribution >= 0.6 is 0 Å². The molecule has 1 aromatic carbocycles. The summed E-state index contributed by atoms with van der Waals surface area (Å²) in [5.74, 6) is -2.41. The number of aryl methyl sites for hydroxylation is 1. The average molecular weight is 346 g/mol. The van der Waals surface area contributed by atoms with Crippen LogP contribution in [0.1, 0.15) is 19.4 Å². The fourth-order valence-corrected chi connectivity index (χ4v) is 3.46. The molecular weight excluding hydrogens is 327 g/mol. The molecule has 1 atom stereocenters. The summed E-state index contributed by atoms with van der Waals surface area (Å²) in [6.07, 6.45) is 0. The number of hydrogen-bond donors (Lipinski definition) is 2. The number of rotatable bonds is 7. The lowest BCUT2D eigenvalue weighted by atomic mass is 10.2. The summed E-state index contributed by atoms with van der Waals surface area (Å²) < 4.78 is 39.6. The van der Waals surface area contributed by atoms with Crippen LogP contribution in [-0.2, 0) is 19.6 Å². The third kappa shape index (κ3) is 4.73. The highest BCUT2D eigenvalue weighted by Gasteiger charge is 2.33. The predicted molar refractivity (Wildman–Crippen MR) is 80.8 cm³/mol. The number of sulfonamides is 1. The molecule has 0 aliphatic rings. The second-order valence-corrected chi connectivity index (χ2v) is 6.91. The number of carboxylic acid groups (broad SMARTS) is 1. The van der Waals surface area contributed by atoms with Crippen molar-refractivity contribution in [1.29, 1.82) is 0 Å². The minimum absolute atomic E-state index is 0.0550. The van der Waals surface area contributed by atoms with E-state index in [0.29, 0.717) is 0 Å². The topological polar surface area (TPSA) is 104 Å². The summed E-state index contributed by atoms with van der Waals surface area (Å²) >= 11 is 0. The molecule has 0 fully saturated rings. The van der Waals surface area contributed by atoms with Crippen molar-refractivity contribution in [3.63, 3.8) is 0 Å². The molecule has 0 bridgehead atoms. The van der Waals surface area contributed by atoms with Crippen molar-refractivity contribution in [2.24, 2.45) is 0 Å². The van der Waals surface area contributed by atoms with Gasteiger partial charge < -0.3 is 10.4 Å². The zero-order valence-corrected chi connectivity index (χ0v) is 13.9. The maximum atomic E-state index is 13.6. The minimum Gasteiger partial charge on any atom is -0.480 e. The van der Waals surface area contributed by atoms with Crippen molar-refractivity contribution in [2.45, 2.75) is 31.7 Å². The van der Waals surface area contributed by atoms with E-state index in [2.05, 4.69) is 5.32 Å². The number of nitrogens with one attached hydrogen (secondary N) is 1. The number of hydrogen-bond acceptors (Lipinski definition) is 4. The first-order chi connectivity index (χ1) is 10.6. The van der Waals surface area contributed by atoms with Crippen molar-refractivity contribution in [1.82, 2.24) is 9.62 Å². The van der Waals surface area contributed by atoms with Gasteiger partial charge in [-0.2, -0.15) is 4.31 Å². The quantitative estimate of drug-likeness (QED) is 0.758. The first-order valence-corrected chi connectivity index (χ1v) is 8.26. The van der Waals surface area contributed by atoms with Crippen molar-refractivity contribution < 1.29 is 27.5 Å². The van der Waals surface area contributed by atoms with Crippen molar-refractivity contribution in [3.8, 4) is 0 Å². The Morgan fingerprint density at radius 2 is 2.00 bits per heavy atom. The highest BCUT2D eigenvalue weighted by atomic mass is 32.2. The molecule has 128 valence electrons. The summed E-state index contributed by atoms with van der Waals surface area (Å²) in [5.41, 5.74) is 0.278. The lowest BCUT2D eigenvalue weighted by molar-refractivity contribution is -0.140. The Hall–Kier alpha value is -2.00. The molecule has 2 N–H and O–H groups in total. The molecule has 0 heterocycles. The lowest BCUT2D eigenvalue weighted by Crippen LogP contribution is -2.46. The molecular formula is C14H19FN2O5S. The largest absolute Gasteiger partial charge is 0.480 e. The van der Waals surface area contributed by atoms with E-state index in [1.165, 1.54) is 32.9 Å². The highest BCUT2D eigenvalue weighted by Crippen LogP contribution is 2.20. The molecule has 0 aromatic heterocycles. The smallest absolute Gasteiger partial charge is 0.321 e. The fourth-order valence-electron chi connectivity index (χ4n) is 1.86. The molecule has 1 aromatic rings. The van der Waals surface area contributed by atoms with Gasteiger partial charge in [0, 0.05) is 20.0 Å². The molecule has 23 heavy (non-hydrogen) atoms. The number of carbonyl (C=O) groups excluding carboxylic acids is 1. The van der Waals surface area contributed by atoms with Crippen LogP contribution < -0.4 is 5.32 Å². The van der Waals surface area contributed by atoms with Gasteiger partial charge in [0.05, 0.1) is 4.90 Å². The van der Waals surface area contributed by atoms with Gasteiger partial charge in [0.2, 0.25) is 15.9 Å². The van der Waals surface area contributed by atoms with E-state index in [1.807, 2.05) is 0 Å². The molecule has 0 saturated heterocycles. The summed E-state index contributed by atoms with van der Waals surface area (Å²) in [6.45, 7) is 3.65. The standard InChI is InChI=1S/C14H19FN2O5S/c1-9-4-5-12(8-13(9)15)23(21,22)17(10(2)14(19)20)7-6-16-11(3)18/h4-5,8,10H,6-7H2,1-3H3,(H,16,18)(H,19,20). The van der Waals surface area contributed by atoms with Gasteiger partial charge in [0.15, 0.2) is 0 Å². The van der Waals surface area contributed by atoms with Crippen LogP contribution in [-0.4, -0.2) is 48.8 Å². The molecule has 0 aliphatic heterocycles. The van der Waals surface area contributed by atoms with Crippen molar-refractivity contribution >= 4 is 21.9 Å². The van der Waals surface area contributed by atoms with E-state index in [9.17, 15) is 22.4 Å². The van der Waals surface area contributed by atoms with Gasteiger partial charge in [-0.25, -0.2) is 12.8 Å². The van der Waals surface area contributed by atoms with E-state index in [0.717, 1.165) is 10.4 Å². The summed E-state index contributed by atoms with van der Waals surface area (Å²) in [7, 11) is -4.22. The molecule has 1 rings (SSSR count). The highest BCUT2D eigenvalue weighted by molar-refractivity contribution is 7.89. The maximum Gasteiger partial charge on any atom is 0.321 e. The number of amides is 1. The lowest BCUT2D eigenvalue weighted by Gasteiger charge is -2.25. The van der Waals surface area contributed by atoms with Gasteiger partial charge in [-0.15, -0.1) is 0 Å². The van der Waals surface area contributed by atoms with E-state index < -0.39 is 27.9 Å². The molecule has 0 aliphatic carbocycles. The van der Waals surface area contributed by atoms with Crippen LogP contribution in [0.5, 0.6) is 0 Å². The van der Waals surface area contributed by atoms with Gasteiger partial charge in [0.25, 0.3) is 0 Å². The second-order valence-electron chi connectivity index (χ2n) is 5.02. The van der Waals surface area contributed by atoms with Gasteiger partial charge in [-0.1, -0.05) is 6.07 Å². The molecule has 1 amide bonds. The number of aliphatic carboxylic acids is 1. The average Bonchev–Trinajstić information content (AvgIpc) is 2.45. The zero-order valence-electron chi connectivity index (χ0n) is 13.0. The number of halogens is 1. The number of carbonyl (C=O) groups is 2. The Morgan fingerprint density at radius 1 is 1.39 bits per heavy atom. The van der Waals surface area contributed by atoms with E-state index in [-0.39, 0.29) is 29.5 Å². The molecule has 9 heteroatoms. The summed E-state index contributed by atoms with van der Waals surface area (Å²) in [4.78, 5) is 21.7. The van der Waals surface area contributed by atoms with E-state index >= 15 is 0 Å². The van der Waals surface area contributed by atoms with Crippen LogP contribution in [0.25, 0.3) is 0 Å². The Balaban J connectivity index is 3.18. The predicted octanol–water partition coefficient (Wildman–Crippen LogP) is 0.734.